The van der Waals surface area contributed by atoms with Gasteiger partial charge >= 0.3 is 0 Å². The van der Waals surface area contributed by atoms with Gasteiger partial charge in [0.25, 0.3) is 0 Å². The summed E-state index contributed by atoms with van der Waals surface area (Å²) in [6.45, 7) is 7.49. The predicted molar refractivity (Wildman–Crippen MR) is 118 cm³/mol. The van der Waals surface area contributed by atoms with Crippen LogP contribution >= 0.6 is 0 Å². The van der Waals surface area contributed by atoms with E-state index < -0.39 is 0 Å². The molecule has 10 nitrogen and oxygen atoms in total. The Labute approximate surface area is 182 Å². The topological polar surface area (TPSA) is 90.6 Å². The number of piperazine rings is 1. The van der Waals surface area contributed by atoms with E-state index in [9.17, 15) is 4.79 Å². The van der Waals surface area contributed by atoms with Crippen LogP contribution in [0.3, 0.4) is 0 Å². The van der Waals surface area contributed by atoms with Crippen LogP contribution in [0.25, 0.3) is 5.65 Å². The second kappa shape index (κ2) is 10.5. The SMILES string of the molecule is CN=C(NCCCc1nnc2ccccn12)N1CCN(CC(=O)N2CCOCC2)CC1. The van der Waals surface area contributed by atoms with Gasteiger partial charge in [-0.25, -0.2) is 0 Å². The molecular formula is C21H32N8O2. The van der Waals surface area contributed by atoms with Gasteiger partial charge < -0.3 is 19.9 Å². The number of aliphatic imine (C=N–C) groups is 1. The lowest BCUT2D eigenvalue weighted by Gasteiger charge is -2.37. The number of ether oxygens (including phenoxy) is 1. The first-order valence-electron chi connectivity index (χ1n) is 11.1. The molecule has 2 saturated heterocycles. The zero-order valence-corrected chi connectivity index (χ0v) is 18.2. The molecule has 10 heteroatoms. The number of hydrogen-bond donors (Lipinski definition) is 1. The summed E-state index contributed by atoms with van der Waals surface area (Å²) in [5.41, 5.74) is 0.881. The molecule has 1 N–H and O–H groups in total. The average molecular weight is 429 g/mol. The lowest BCUT2D eigenvalue weighted by Crippen LogP contribution is -2.55. The molecule has 0 radical (unpaired) electrons. The maximum atomic E-state index is 12.5. The van der Waals surface area contributed by atoms with E-state index in [-0.39, 0.29) is 5.91 Å². The summed E-state index contributed by atoms with van der Waals surface area (Å²) in [6.07, 6.45) is 3.80. The van der Waals surface area contributed by atoms with Crippen LogP contribution in [0.1, 0.15) is 12.2 Å². The number of guanidine groups is 1. The van der Waals surface area contributed by atoms with E-state index in [2.05, 4.69) is 30.3 Å². The van der Waals surface area contributed by atoms with Crippen LogP contribution < -0.4 is 5.32 Å². The number of rotatable bonds is 6. The van der Waals surface area contributed by atoms with Crippen molar-refractivity contribution >= 4 is 17.5 Å². The van der Waals surface area contributed by atoms with E-state index in [1.54, 1.807) is 0 Å². The van der Waals surface area contributed by atoms with Gasteiger partial charge in [0.2, 0.25) is 5.91 Å². The molecule has 0 aromatic carbocycles. The molecule has 2 aromatic rings. The van der Waals surface area contributed by atoms with Crippen LogP contribution in [0.5, 0.6) is 0 Å². The van der Waals surface area contributed by atoms with Crippen molar-refractivity contribution in [1.29, 1.82) is 0 Å². The predicted octanol–water partition coefficient (Wildman–Crippen LogP) is -0.286. The third kappa shape index (κ3) is 5.50. The van der Waals surface area contributed by atoms with Crippen molar-refractivity contribution in [2.75, 3.05) is 72.6 Å². The number of pyridine rings is 1. The van der Waals surface area contributed by atoms with E-state index in [0.29, 0.717) is 32.8 Å². The molecule has 0 atom stereocenters. The maximum absolute atomic E-state index is 12.5. The maximum Gasteiger partial charge on any atom is 0.236 e. The van der Waals surface area contributed by atoms with Crippen molar-refractivity contribution in [2.45, 2.75) is 12.8 Å². The third-order valence-corrected chi connectivity index (χ3v) is 5.85. The molecule has 2 aliphatic heterocycles. The molecule has 0 spiro atoms. The fourth-order valence-electron chi connectivity index (χ4n) is 4.06. The van der Waals surface area contributed by atoms with Crippen molar-refractivity contribution in [3.8, 4) is 0 Å². The van der Waals surface area contributed by atoms with E-state index in [1.165, 1.54) is 0 Å². The first-order chi connectivity index (χ1) is 15.2. The Morgan fingerprint density at radius 2 is 1.90 bits per heavy atom. The van der Waals surface area contributed by atoms with Gasteiger partial charge in [-0.1, -0.05) is 6.07 Å². The summed E-state index contributed by atoms with van der Waals surface area (Å²) >= 11 is 0. The van der Waals surface area contributed by atoms with Gasteiger partial charge in [0, 0.05) is 65.5 Å². The number of carbonyl (C=O) groups is 1. The quantitative estimate of drug-likeness (QED) is 0.384. The minimum Gasteiger partial charge on any atom is -0.378 e. The Kier molecular flexibility index (Phi) is 7.31. The van der Waals surface area contributed by atoms with Crippen molar-refractivity contribution < 1.29 is 9.53 Å². The number of nitrogens with one attached hydrogen (secondary N) is 1. The number of hydrogen-bond acceptors (Lipinski definition) is 6. The number of carbonyl (C=O) groups excluding carboxylic acids is 1. The normalized spacial score (nSPS) is 18.5. The Hall–Kier alpha value is -2.72. The van der Waals surface area contributed by atoms with E-state index in [0.717, 1.165) is 63.0 Å². The molecule has 0 aliphatic carbocycles. The fraction of sp³-hybridized carbons (Fsp3) is 0.619. The lowest BCUT2D eigenvalue weighted by atomic mass is 10.3. The molecule has 2 aliphatic rings. The summed E-state index contributed by atoms with van der Waals surface area (Å²) in [5, 5.41) is 12.0. The van der Waals surface area contributed by atoms with Crippen molar-refractivity contribution in [3.05, 3.63) is 30.2 Å². The van der Waals surface area contributed by atoms with Gasteiger partial charge in [0.15, 0.2) is 11.6 Å². The highest BCUT2D eigenvalue weighted by Crippen LogP contribution is 2.07. The second-order valence-electron chi connectivity index (χ2n) is 7.88. The Bertz CT molecular complexity index is 884. The third-order valence-electron chi connectivity index (χ3n) is 5.85. The van der Waals surface area contributed by atoms with Crippen LogP contribution in [0.15, 0.2) is 29.4 Å². The summed E-state index contributed by atoms with van der Waals surface area (Å²) < 4.78 is 7.36. The first-order valence-corrected chi connectivity index (χ1v) is 11.1. The van der Waals surface area contributed by atoms with Crippen molar-refractivity contribution in [2.24, 2.45) is 4.99 Å². The highest BCUT2D eigenvalue weighted by atomic mass is 16.5. The van der Waals surface area contributed by atoms with Crippen LogP contribution in [-0.4, -0.2) is 114 Å². The first kappa shape index (κ1) is 21.5. The molecule has 1 amide bonds. The van der Waals surface area contributed by atoms with Crippen LogP contribution in [0, 0.1) is 0 Å². The van der Waals surface area contributed by atoms with Gasteiger partial charge in [0.05, 0.1) is 19.8 Å². The molecule has 2 fully saturated rings. The number of aryl methyl sites for hydroxylation is 1. The van der Waals surface area contributed by atoms with Crippen LogP contribution in [0.2, 0.25) is 0 Å². The molecule has 0 bridgehead atoms. The number of fused-ring (bicyclic) bond motifs is 1. The van der Waals surface area contributed by atoms with Gasteiger partial charge in [-0.3, -0.25) is 19.1 Å². The summed E-state index contributed by atoms with van der Waals surface area (Å²) in [7, 11) is 1.82. The Balaban J connectivity index is 1.17. The minimum absolute atomic E-state index is 0.209. The molecule has 168 valence electrons. The molecular weight excluding hydrogens is 396 g/mol. The summed E-state index contributed by atoms with van der Waals surface area (Å²) in [4.78, 5) is 23.3. The highest BCUT2D eigenvalue weighted by molar-refractivity contribution is 5.80. The summed E-state index contributed by atoms with van der Waals surface area (Å²) in [5.74, 6) is 2.11. The number of morpholine rings is 1. The van der Waals surface area contributed by atoms with Crippen molar-refractivity contribution in [1.82, 2.24) is 34.6 Å². The molecule has 0 saturated carbocycles. The Morgan fingerprint density at radius 1 is 1.10 bits per heavy atom. The standard InChI is InChI=1S/C21H32N8O2/c1-22-21(23-7-4-6-19-25-24-18-5-2-3-8-29(18)19)28-11-9-26(10-12-28)17-20(30)27-13-15-31-16-14-27/h2-3,5,8H,4,6-7,9-17H2,1H3,(H,22,23). The van der Waals surface area contributed by atoms with Gasteiger partial charge in [-0.15, -0.1) is 10.2 Å². The van der Waals surface area contributed by atoms with E-state index in [4.69, 9.17) is 4.74 Å². The zero-order chi connectivity index (χ0) is 21.5. The van der Waals surface area contributed by atoms with Crippen molar-refractivity contribution in [3.63, 3.8) is 0 Å². The van der Waals surface area contributed by atoms with Crippen LogP contribution in [0.4, 0.5) is 0 Å². The summed E-state index contributed by atoms with van der Waals surface area (Å²) in [6, 6.07) is 5.93. The molecule has 2 aromatic heterocycles. The minimum atomic E-state index is 0.209. The largest absolute Gasteiger partial charge is 0.378 e. The highest BCUT2D eigenvalue weighted by Gasteiger charge is 2.24. The molecule has 0 unspecified atom stereocenters. The fourth-order valence-corrected chi connectivity index (χ4v) is 4.06. The number of aromatic nitrogens is 3. The zero-order valence-electron chi connectivity index (χ0n) is 18.2. The van der Waals surface area contributed by atoms with Gasteiger partial charge in [0.1, 0.15) is 5.82 Å². The van der Waals surface area contributed by atoms with E-state index in [1.807, 2.05) is 40.7 Å². The second-order valence-corrected chi connectivity index (χ2v) is 7.88. The Morgan fingerprint density at radius 3 is 2.68 bits per heavy atom. The number of nitrogens with zero attached hydrogens (tertiary/aromatic N) is 7. The van der Waals surface area contributed by atoms with Crippen LogP contribution in [-0.2, 0) is 16.0 Å². The lowest BCUT2D eigenvalue weighted by molar-refractivity contribution is -0.136. The number of amides is 1. The van der Waals surface area contributed by atoms with E-state index >= 15 is 0 Å². The molecule has 4 heterocycles. The molecule has 31 heavy (non-hydrogen) atoms. The average Bonchev–Trinajstić information content (AvgIpc) is 3.23. The monoisotopic (exact) mass is 428 g/mol. The smallest absolute Gasteiger partial charge is 0.236 e. The molecule has 4 rings (SSSR count). The van der Waals surface area contributed by atoms with Gasteiger partial charge in [-0.2, -0.15) is 0 Å². The van der Waals surface area contributed by atoms with Gasteiger partial charge in [-0.05, 0) is 18.6 Å².